The van der Waals surface area contributed by atoms with Crippen LogP contribution in [-0.2, 0) is 0 Å². The van der Waals surface area contributed by atoms with Gasteiger partial charge in [-0.25, -0.2) is 9.07 Å². The summed E-state index contributed by atoms with van der Waals surface area (Å²) in [5.74, 6) is -0.299. The highest BCUT2D eigenvalue weighted by Gasteiger charge is 2.13. The van der Waals surface area contributed by atoms with Gasteiger partial charge in [-0.15, -0.1) is 0 Å². The predicted octanol–water partition coefficient (Wildman–Crippen LogP) is 5.33. The second-order valence-corrected chi connectivity index (χ2v) is 5.67. The van der Waals surface area contributed by atoms with Crippen molar-refractivity contribution in [2.24, 2.45) is 4.99 Å². The molecule has 0 amide bonds. The smallest absolute Gasteiger partial charge is 0.387 e. The van der Waals surface area contributed by atoms with Crippen molar-refractivity contribution >= 4 is 23.5 Å². The van der Waals surface area contributed by atoms with Crippen molar-refractivity contribution < 1.29 is 17.9 Å². The molecule has 1 heterocycles. The van der Waals surface area contributed by atoms with Gasteiger partial charge in [0.15, 0.2) is 0 Å². The molecule has 3 aromatic rings. The first-order chi connectivity index (χ1) is 12.4. The topological polar surface area (TPSA) is 39.4 Å². The van der Waals surface area contributed by atoms with Crippen LogP contribution in [0.25, 0.3) is 5.69 Å². The van der Waals surface area contributed by atoms with Gasteiger partial charge in [0.2, 0.25) is 0 Å². The summed E-state index contributed by atoms with van der Waals surface area (Å²) in [6.07, 6.45) is 1.54. The Kier molecular flexibility index (Phi) is 5.27. The number of nitrogens with zero attached hydrogens (tertiary/aromatic N) is 3. The third-order valence-corrected chi connectivity index (χ3v) is 3.89. The molecule has 0 N–H and O–H groups in total. The number of ether oxygens (including phenoxy) is 1. The highest BCUT2D eigenvalue weighted by molar-refractivity contribution is 6.32. The Hall–Kier alpha value is -2.80. The van der Waals surface area contributed by atoms with Gasteiger partial charge >= 0.3 is 6.61 Å². The van der Waals surface area contributed by atoms with E-state index in [1.165, 1.54) is 35.2 Å². The molecule has 0 unspecified atom stereocenters. The Balaban J connectivity index is 1.83. The number of aryl methyl sites for hydroxylation is 1. The third-order valence-electron chi connectivity index (χ3n) is 3.52. The maximum atomic E-state index is 13.1. The fourth-order valence-corrected chi connectivity index (χ4v) is 2.58. The molecule has 0 aliphatic carbocycles. The molecule has 4 nitrogen and oxygen atoms in total. The van der Waals surface area contributed by atoms with Gasteiger partial charge in [0.05, 0.1) is 22.6 Å². The van der Waals surface area contributed by atoms with Crippen molar-refractivity contribution in [1.82, 2.24) is 9.78 Å². The number of rotatable bonds is 5. The summed E-state index contributed by atoms with van der Waals surface area (Å²) >= 11 is 6.36. The molecule has 0 saturated carbocycles. The molecule has 0 saturated heterocycles. The van der Waals surface area contributed by atoms with Crippen LogP contribution in [0, 0.1) is 12.7 Å². The largest absolute Gasteiger partial charge is 0.435 e. The van der Waals surface area contributed by atoms with Gasteiger partial charge in [0.25, 0.3) is 0 Å². The summed E-state index contributed by atoms with van der Waals surface area (Å²) in [6.45, 7) is -1.10. The lowest BCUT2D eigenvalue weighted by Gasteiger charge is -2.03. The molecule has 0 radical (unpaired) electrons. The molecular formula is C18H13ClF3N3O. The zero-order chi connectivity index (χ0) is 18.7. The minimum Gasteiger partial charge on any atom is -0.435 e. The second kappa shape index (κ2) is 7.61. The zero-order valence-electron chi connectivity index (χ0n) is 13.5. The number of hydrogen-bond donors (Lipinski definition) is 0. The van der Waals surface area contributed by atoms with Gasteiger partial charge in [0.1, 0.15) is 16.7 Å². The number of aliphatic imine (C=N–C) groups is 1. The lowest BCUT2D eigenvalue weighted by molar-refractivity contribution is -0.0498. The normalized spacial score (nSPS) is 11.5. The Morgan fingerprint density at radius 1 is 1.12 bits per heavy atom. The zero-order valence-corrected chi connectivity index (χ0v) is 14.3. The Morgan fingerprint density at radius 2 is 1.77 bits per heavy atom. The Labute approximate surface area is 152 Å². The van der Waals surface area contributed by atoms with E-state index in [1.807, 2.05) is 0 Å². The molecule has 2 aromatic carbocycles. The van der Waals surface area contributed by atoms with Gasteiger partial charge in [-0.1, -0.05) is 11.6 Å². The monoisotopic (exact) mass is 379 g/mol. The van der Waals surface area contributed by atoms with Crippen LogP contribution in [-0.4, -0.2) is 22.6 Å². The van der Waals surface area contributed by atoms with Gasteiger partial charge < -0.3 is 4.74 Å². The highest BCUT2D eigenvalue weighted by atomic mass is 35.5. The van der Waals surface area contributed by atoms with E-state index in [-0.39, 0.29) is 11.6 Å². The molecule has 26 heavy (non-hydrogen) atoms. The van der Waals surface area contributed by atoms with Gasteiger partial charge in [-0.05, 0) is 55.5 Å². The van der Waals surface area contributed by atoms with E-state index < -0.39 is 6.61 Å². The fourth-order valence-electron chi connectivity index (χ4n) is 2.26. The van der Waals surface area contributed by atoms with Crippen molar-refractivity contribution in [2.45, 2.75) is 13.5 Å². The van der Waals surface area contributed by atoms with Gasteiger partial charge in [0, 0.05) is 6.21 Å². The molecule has 0 fully saturated rings. The number of alkyl halides is 2. The summed E-state index contributed by atoms with van der Waals surface area (Å²) < 4.78 is 43.1. The molecular weight excluding hydrogens is 367 g/mol. The van der Waals surface area contributed by atoms with E-state index in [0.717, 1.165) is 0 Å². The maximum absolute atomic E-state index is 13.1. The summed E-state index contributed by atoms with van der Waals surface area (Å²) in [7, 11) is 0. The van der Waals surface area contributed by atoms with Crippen LogP contribution in [0.3, 0.4) is 0 Å². The standard InChI is InChI=1S/C18H13ClF3N3O/c1-11-16(10-23-13-4-8-15(9-5-13)26-18(21)22)17(19)25(24-11)14-6-2-12(20)3-7-14/h2-10,18H,1H3. The molecule has 0 atom stereocenters. The molecule has 8 heteroatoms. The molecule has 0 spiro atoms. The second-order valence-electron chi connectivity index (χ2n) is 5.31. The first-order valence-corrected chi connectivity index (χ1v) is 7.92. The third kappa shape index (κ3) is 4.05. The van der Waals surface area contributed by atoms with E-state index >= 15 is 0 Å². The van der Waals surface area contributed by atoms with Crippen molar-refractivity contribution in [1.29, 1.82) is 0 Å². The van der Waals surface area contributed by atoms with Crippen LogP contribution in [0.2, 0.25) is 5.15 Å². The minimum atomic E-state index is -2.87. The van der Waals surface area contributed by atoms with Gasteiger partial charge in [-0.2, -0.15) is 13.9 Å². The Bertz CT molecular complexity index is 922. The average molecular weight is 380 g/mol. The molecule has 134 valence electrons. The summed E-state index contributed by atoms with van der Waals surface area (Å²) in [4.78, 5) is 4.27. The number of aromatic nitrogens is 2. The molecule has 0 aliphatic rings. The first-order valence-electron chi connectivity index (χ1n) is 7.54. The van der Waals surface area contributed by atoms with E-state index in [1.54, 1.807) is 31.2 Å². The average Bonchev–Trinajstić information content (AvgIpc) is 2.89. The molecule has 0 aliphatic heterocycles. The van der Waals surface area contributed by atoms with Gasteiger partial charge in [-0.3, -0.25) is 4.99 Å². The molecule has 3 rings (SSSR count). The minimum absolute atomic E-state index is 0.0530. The van der Waals surface area contributed by atoms with Crippen LogP contribution < -0.4 is 4.74 Å². The van der Waals surface area contributed by atoms with Crippen LogP contribution in [0.1, 0.15) is 11.3 Å². The lowest BCUT2D eigenvalue weighted by Crippen LogP contribution is -2.01. The molecule has 0 bridgehead atoms. The molecule has 1 aromatic heterocycles. The van der Waals surface area contributed by atoms with E-state index in [2.05, 4.69) is 14.8 Å². The Morgan fingerprint density at radius 3 is 2.38 bits per heavy atom. The van der Waals surface area contributed by atoms with Crippen molar-refractivity contribution in [3.05, 3.63) is 70.8 Å². The highest BCUT2D eigenvalue weighted by Crippen LogP contribution is 2.24. The summed E-state index contributed by atoms with van der Waals surface area (Å²) in [5.41, 5.74) is 2.40. The number of benzene rings is 2. The number of halogens is 4. The van der Waals surface area contributed by atoms with E-state index in [0.29, 0.717) is 27.8 Å². The first kappa shape index (κ1) is 18.0. The SMILES string of the molecule is Cc1nn(-c2ccc(F)cc2)c(Cl)c1C=Nc1ccc(OC(F)F)cc1. The van der Waals surface area contributed by atoms with Crippen LogP contribution in [0.4, 0.5) is 18.9 Å². The van der Waals surface area contributed by atoms with Crippen LogP contribution in [0.15, 0.2) is 53.5 Å². The quantitative estimate of drug-likeness (QED) is 0.562. The lowest BCUT2D eigenvalue weighted by atomic mass is 10.2. The summed E-state index contributed by atoms with van der Waals surface area (Å²) in [6, 6.07) is 11.7. The maximum Gasteiger partial charge on any atom is 0.387 e. The van der Waals surface area contributed by atoms with Crippen molar-refractivity contribution in [3.8, 4) is 11.4 Å². The van der Waals surface area contributed by atoms with Crippen molar-refractivity contribution in [2.75, 3.05) is 0 Å². The van der Waals surface area contributed by atoms with E-state index in [4.69, 9.17) is 11.6 Å². The fraction of sp³-hybridized carbons (Fsp3) is 0.111. The van der Waals surface area contributed by atoms with E-state index in [9.17, 15) is 13.2 Å². The summed E-state index contributed by atoms with van der Waals surface area (Å²) in [5, 5.41) is 4.67. The van der Waals surface area contributed by atoms with Crippen molar-refractivity contribution in [3.63, 3.8) is 0 Å². The number of hydrogen-bond acceptors (Lipinski definition) is 3. The van der Waals surface area contributed by atoms with Crippen LogP contribution >= 0.6 is 11.6 Å². The predicted molar refractivity (Wildman–Crippen MR) is 93.6 cm³/mol. The van der Waals surface area contributed by atoms with Crippen LogP contribution in [0.5, 0.6) is 5.75 Å².